The van der Waals surface area contributed by atoms with Crippen molar-refractivity contribution in [2.75, 3.05) is 0 Å². The van der Waals surface area contributed by atoms with Crippen molar-refractivity contribution < 1.29 is 86.6 Å². The third-order valence-corrected chi connectivity index (χ3v) is 13.2. The Balaban J connectivity index is 0.0000132. The smallest absolute Gasteiger partial charge is 0.242 e. The van der Waals surface area contributed by atoms with Crippen LogP contribution < -0.4 is 9.30 Å². The number of hydrogen-bond donors (Lipinski definition) is 0. The Labute approximate surface area is 516 Å². The van der Waals surface area contributed by atoms with Crippen LogP contribution >= 0.6 is 0 Å². The molecule has 0 fully saturated rings. The Bertz CT molecular complexity index is 5440. The molecular formula is C69H68N4OPt-2. The Hall–Kier alpha value is -6.55. The van der Waals surface area contributed by atoms with Crippen molar-refractivity contribution in [2.45, 2.75) is 128 Å². The summed E-state index contributed by atoms with van der Waals surface area (Å²) >= 11 is 0. The van der Waals surface area contributed by atoms with Crippen molar-refractivity contribution in [2.24, 2.45) is 6.98 Å². The van der Waals surface area contributed by atoms with E-state index < -0.39 is 206 Å². The van der Waals surface area contributed by atoms with Gasteiger partial charge in [0.2, 0.25) is 6.33 Å². The quantitative estimate of drug-likeness (QED) is 0.118. The second-order valence-corrected chi connectivity index (χ2v) is 19.3. The fraction of sp³-hybridized carbons (Fsp3) is 0.304. The Morgan fingerprint density at radius 2 is 1.21 bits per heavy atom. The first-order valence-corrected chi connectivity index (χ1v) is 23.1. The van der Waals surface area contributed by atoms with E-state index in [1.165, 1.54) is 24.3 Å². The third-order valence-electron chi connectivity index (χ3n) is 13.2. The molecular weight excluding hydrogens is 1100 g/mol. The van der Waals surface area contributed by atoms with Gasteiger partial charge in [0, 0.05) is 88.1 Å². The van der Waals surface area contributed by atoms with Gasteiger partial charge in [-0.1, -0.05) is 178 Å². The third kappa shape index (κ3) is 8.59. The van der Waals surface area contributed by atoms with Crippen molar-refractivity contribution >= 4 is 32.8 Å². The standard InChI is InChI=1S/C69H68N4O.Pt/c1-65(2,3)46-32-37-70-62(40-46)73-59-24-14-13-20-52(59)53-29-28-49(42-61(53)73)74-48-19-15-18-47(41-48)72-43-71(12)64-54(23-17-25-60(64)72)63-50(44-26-30-55-57(38-44)68(8,9)35-33-66(55,4)5)21-16-22-51(63)45-27-31-56-58(39-45)69(10,11)36-34-67(56,6)7;/h13-32,37-40H,33-36H2,1-12H3;/q-2;/i4D3,5D3,6D3,7D3,8D3,9D3,10D3,11D3,12D3,26D,27D,30D,31D,33D2,34D2,35D2,36D2,38D,39D;. The van der Waals surface area contributed by atoms with Gasteiger partial charge in [0.05, 0.1) is 30.3 Å². The minimum atomic E-state index is -4.91. The summed E-state index contributed by atoms with van der Waals surface area (Å²) in [5, 5.41) is 1.57. The number of rotatable bonds is 7. The van der Waals surface area contributed by atoms with Gasteiger partial charge < -0.3 is 18.4 Å². The van der Waals surface area contributed by atoms with Crippen molar-refractivity contribution in [1.29, 1.82) is 0 Å². The number of nitrogens with zero attached hydrogens (tertiary/aromatic N) is 4. The number of ether oxygens (including phenoxy) is 1. The molecule has 0 unspecified atom stereocenters. The Kier molecular flexibility index (Phi) is 5.25. The zero-order valence-corrected chi connectivity index (χ0v) is 42.2. The van der Waals surface area contributed by atoms with Crippen LogP contribution in [0.5, 0.6) is 11.5 Å². The Morgan fingerprint density at radius 3 is 1.85 bits per heavy atom. The minimum Gasteiger partial charge on any atom is -0.510 e. The van der Waals surface area contributed by atoms with E-state index in [-0.39, 0.29) is 49.2 Å². The maximum atomic E-state index is 10.4. The number of pyridine rings is 1. The zero-order valence-electron chi connectivity index (χ0n) is 80.9. The molecule has 10 aromatic rings. The van der Waals surface area contributed by atoms with E-state index in [4.69, 9.17) is 42.6 Å². The normalized spacial score (nSPS) is 28.6. The molecule has 0 N–H and O–H groups in total. The van der Waals surface area contributed by atoms with E-state index in [1.54, 1.807) is 18.3 Å². The van der Waals surface area contributed by atoms with Gasteiger partial charge in [-0.3, -0.25) is 0 Å². The molecule has 5 nitrogen and oxygen atoms in total. The number of aromatic nitrogens is 4. The van der Waals surface area contributed by atoms with E-state index in [1.807, 2.05) is 61.7 Å². The van der Waals surface area contributed by atoms with Gasteiger partial charge in [0.15, 0.2) is 0 Å². The number of hydrogen-bond acceptors (Lipinski definition) is 2. The molecule has 0 saturated carbocycles. The fourth-order valence-electron chi connectivity index (χ4n) is 9.55. The van der Waals surface area contributed by atoms with Crippen molar-refractivity contribution in [1.82, 2.24) is 14.1 Å². The van der Waals surface area contributed by atoms with Crippen LogP contribution in [0, 0.1) is 18.5 Å². The second-order valence-electron chi connectivity index (χ2n) is 19.3. The van der Waals surface area contributed by atoms with Gasteiger partial charge >= 0.3 is 0 Å². The number of imidazole rings is 1. The maximum absolute atomic E-state index is 10.4. The molecule has 0 bridgehead atoms. The van der Waals surface area contributed by atoms with E-state index in [9.17, 15) is 23.3 Å². The summed E-state index contributed by atoms with van der Waals surface area (Å²) < 4.78 is 389. The molecule has 382 valence electrons. The molecule has 6 heteroatoms. The first-order chi connectivity index (χ1) is 52.0. The predicted octanol–water partition coefficient (Wildman–Crippen LogP) is 17.1. The molecule has 0 amide bonds. The van der Waals surface area contributed by atoms with Gasteiger partial charge in [-0.2, -0.15) is 18.2 Å². The van der Waals surface area contributed by atoms with Crippen LogP contribution in [-0.2, 0) is 55.1 Å². The first-order valence-electron chi connectivity index (χ1n) is 43.6. The van der Waals surface area contributed by atoms with Crippen molar-refractivity contribution in [3.63, 3.8) is 0 Å². The molecule has 0 saturated heterocycles. The number of benzene rings is 7. The van der Waals surface area contributed by atoms with Crippen LogP contribution in [0.2, 0.25) is 0 Å². The molecule has 12 rings (SSSR count). The topological polar surface area (TPSA) is 35.9 Å². The summed E-state index contributed by atoms with van der Waals surface area (Å²) in [5.74, 6) is 0.562. The molecule has 0 aliphatic heterocycles. The fourth-order valence-corrected chi connectivity index (χ4v) is 9.55. The largest absolute Gasteiger partial charge is 0.510 e. The van der Waals surface area contributed by atoms with Crippen LogP contribution in [0.15, 0.2) is 146 Å². The molecule has 0 atom stereocenters. The van der Waals surface area contributed by atoms with Gasteiger partial charge in [-0.25, -0.2) is 4.98 Å². The van der Waals surface area contributed by atoms with Crippen LogP contribution in [-0.4, -0.2) is 14.1 Å². The van der Waals surface area contributed by atoms with E-state index in [0.29, 0.717) is 15.9 Å². The van der Waals surface area contributed by atoms with E-state index in [2.05, 4.69) is 18.5 Å². The molecule has 0 radical (unpaired) electrons. The van der Waals surface area contributed by atoms with Gasteiger partial charge in [-0.05, 0) is 137 Å². The molecule has 2 aliphatic rings. The van der Waals surface area contributed by atoms with Crippen LogP contribution in [0.25, 0.3) is 77.7 Å². The zero-order chi connectivity index (χ0) is 86.6. The summed E-state index contributed by atoms with van der Waals surface area (Å²) in [6.45, 7) is -34.3. The number of fused-ring (bicyclic) bond motifs is 6. The maximum Gasteiger partial charge on any atom is 0.242 e. The van der Waals surface area contributed by atoms with Crippen molar-refractivity contribution in [3.8, 4) is 56.4 Å². The second kappa shape index (κ2) is 18.1. The average molecular weight is 1210 g/mol. The SMILES string of the molecule is [2H]c1c([2H])c2c(c([2H])c1-c1cccc(-c3c([2H])c([2H])c4c(c3[2H])C(C([2H])([2H])[2H])(C([2H])([2H])[2H])C([2H])([2H])C([2H])([2H])C4(C([2H])([2H])[2H])C([2H])([2H])[2H])c1-c1cccc3c1[n+](C([2H])([2H])[2H])[c-]n3-c1[c-]c(Oc3[c-]c4c(cc3)c3ccccc3n4-c3cc(C(C)(C)C)ccn3)ccc1)C(C([2H])([2H])[2H])(C([2H])([2H])[2H])C([2H])([2H])C([2H])([2H])C2(C([2H])([2H])[2H])C([2H])([2H])[2H].[Pt]. The van der Waals surface area contributed by atoms with Crippen molar-refractivity contribution in [3.05, 3.63) is 192 Å². The molecule has 0 spiro atoms. The monoisotopic (exact) mass is 1200 g/mol. The first kappa shape index (κ1) is 21.8. The minimum absolute atomic E-state index is 0. The molecule has 3 aromatic heterocycles. The van der Waals surface area contributed by atoms with E-state index in [0.717, 1.165) is 56.8 Å². The summed E-state index contributed by atoms with van der Waals surface area (Å²) in [4.78, 5) is 4.72. The molecule has 2 aliphatic carbocycles. The molecule has 3 heterocycles. The number of aryl methyl sites for hydroxylation is 1. The molecule has 7 aromatic carbocycles. The summed E-state index contributed by atoms with van der Waals surface area (Å²) in [6.07, 6.45) is -15.1. The van der Waals surface area contributed by atoms with Crippen LogP contribution in [0.1, 0.15) is 185 Å². The summed E-state index contributed by atoms with van der Waals surface area (Å²) in [7, 11) is 0. The predicted molar refractivity (Wildman–Crippen MR) is 305 cm³/mol. The van der Waals surface area contributed by atoms with Crippen LogP contribution in [0.4, 0.5) is 0 Å². The van der Waals surface area contributed by atoms with Gasteiger partial charge in [0.25, 0.3) is 0 Å². The summed E-state index contributed by atoms with van der Waals surface area (Å²) in [6, 6.07) is 20.3. The Morgan fingerprint density at radius 1 is 0.627 bits per heavy atom. The van der Waals surface area contributed by atoms with Crippen LogP contribution in [0.3, 0.4) is 0 Å². The van der Waals surface area contributed by atoms with Gasteiger partial charge in [0.1, 0.15) is 5.82 Å². The van der Waals surface area contributed by atoms with E-state index >= 15 is 0 Å². The summed E-state index contributed by atoms with van der Waals surface area (Å²) in [5.41, 5.74) is -32.7. The number of para-hydroxylation sites is 2. The average Bonchev–Trinajstić information content (AvgIpc) is 0.729. The molecule has 75 heavy (non-hydrogen) atoms. The van der Waals surface area contributed by atoms with Gasteiger partial charge in [-0.15, -0.1) is 29.7 Å².